The summed E-state index contributed by atoms with van der Waals surface area (Å²) in [6.45, 7) is 8.38. The lowest BCUT2D eigenvalue weighted by molar-refractivity contribution is 0.0209. The molecule has 0 N–H and O–H groups in total. The van der Waals surface area contributed by atoms with Crippen molar-refractivity contribution in [3.8, 4) is 17.1 Å². The number of aromatic nitrogens is 3. The van der Waals surface area contributed by atoms with Crippen LogP contribution in [0.15, 0.2) is 36.9 Å². The van der Waals surface area contributed by atoms with E-state index in [1.54, 1.807) is 7.11 Å². The number of allylic oxidation sites excluding steroid dienone is 1. The van der Waals surface area contributed by atoms with E-state index in [0.29, 0.717) is 18.0 Å². The maximum Gasteiger partial charge on any atom is 0.199 e. The molecule has 0 spiro atoms. The Morgan fingerprint density at radius 1 is 1.33 bits per heavy atom. The highest BCUT2D eigenvalue weighted by Gasteiger charge is 2.18. The molecule has 2 heterocycles. The minimum atomic E-state index is 0.606. The van der Waals surface area contributed by atoms with E-state index in [0.717, 1.165) is 43.4 Å². The number of rotatable bonds is 6. The van der Waals surface area contributed by atoms with Gasteiger partial charge in [0.05, 0.1) is 32.6 Å². The molecule has 7 heteroatoms. The second-order valence-electron chi connectivity index (χ2n) is 5.58. The van der Waals surface area contributed by atoms with Gasteiger partial charge in [-0.2, -0.15) is 5.10 Å². The Hall–Kier alpha value is -1.96. The Morgan fingerprint density at radius 3 is 2.79 bits per heavy atom. The standard InChI is InChI=1S/C17H22N4O2S/c1-3-8-20-16(14-6-4-5-7-15(14)22-2)18-21(17(20)24)13-19-9-11-23-12-10-19/h3-7H,1,8-13H2,2H3. The number of benzene rings is 1. The van der Waals surface area contributed by atoms with Crippen LogP contribution in [0.25, 0.3) is 11.4 Å². The quantitative estimate of drug-likeness (QED) is 0.594. The molecule has 0 aliphatic carbocycles. The molecule has 0 saturated carbocycles. The van der Waals surface area contributed by atoms with Gasteiger partial charge in [-0.15, -0.1) is 6.58 Å². The Morgan fingerprint density at radius 2 is 2.08 bits per heavy atom. The van der Waals surface area contributed by atoms with Crippen LogP contribution in [0.2, 0.25) is 0 Å². The molecule has 1 aliphatic heterocycles. The van der Waals surface area contributed by atoms with Gasteiger partial charge in [0, 0.05) is 19.6 Å². The summed E-state index contributed by atoms with van der Waals surface area (Å²) >= 11 is 5.64. The van der Waals surface area contributed by atoms with Gasteiger partial charge in [-0.05, 0) is 24.4 Å². The van der Waals surface area contributed by atoms with Crippen molar-refractivity contribution in [3.63, 3.8) is 0 Å². The van der Waals surface area contributed by atoms with E-state index in [1.165, 1.54) is 0 Å². The molecule has 0 atom stereocenters. The number of ether oxygens (including phenoxy) is 2. The zero-order valence-corrected chi connectivity index (χ0v) is 14.7. The Balaban J connectivity index is 2.00. The van der Waals surface area contributed by atoms with Crippen molar-refractivity contribution in [3.05, 3.63) is 41.7 Å². The van der Waals surface area contributed by atoms with Crippen LogP contribution in [0.4, 0.5) is 0 Å². The molecule has 3 rings (SSSR count). The first-order chi connectivity index (χ1) is 11.7. The second kappa shape index (κ2) is 7.74. The van der Waals surface area contributed by atoms with Gasteiger partial charge < -0.3 is 9.47 Å². The molecule has 1 fully saturated rings. The molecule has 0 bridgehead atoms. The summed E-state index contributed by atoms with van der Waals surface area (Å²) in [5.41, 5.74) is 0.925. The van der Waals surface area contributed by atoms with Crippen LogP contribution in [0, 0.1) is 4.77 Å². The van der Waals surface area contributed by atoms with Gasteiger partial charge in [0.15, 0.2) is 10.6 Å². The molecule has 1 aliphatic rings. The van der Waals surface area contributed by atoms with Gasteiger partial charge in [-0.3, -0.25) is 9.47 Å². The minimum absolute atomic E-state index is 0.606. The number of methoxy groups -OCH3 is 1. The first-order valence-electron chi connectivity index (χ1n) is 7.96. The highest BCUT2D eigenvalue weighted by Crippen LogP contribution is 2.28. The van der Waals surface area contributed by atoms with Crippen molar-refractivity contribution in [1.29, 1.82) is 0 Å². The topological polar surface area (TPSA) is 44.5 Å². The largest absolute Gasteiger partial charge is 0.496 e. The van der Waals surface area contributed by atoms with Gasteiger partial charge in [0.2, 0.25) is 0 Å². The van der Waals surface area contributed by atoms with E-state index >= 15 is 0 Å². The molecule has 0 unspecified atom stereocenters. The van der Waals surface area contributed by atoms with E-state index < -0.39 is 0 Å². The van der Waals surface area contributed by atoms with E-state index in [-0.39, 0.29) is 0 Å². The fraction of sp³-hybridized carbons (Fsp3) is 0.412. The number of nitrogens with zero attached hydrogens (tertiary/aromatic N) is 4. The normalized spacial score (nSPS) is 15.4. The number of morpholine rings is 1. The molecule has 24 heavy (non-hydrogen) atoms. The van der Waals surface area contributed by atoms with Crippen molar-refractivity contribution in [1.82, 2.24) is 19.2 Å². The molecular weight excluding hydrogens is 324 g/mol. The summed E-state index contributed by atoms with van der Waals surface area (Å²) in [5, 5.41) is 4.77. The first kappa shape index (κ1) is 16.9. The predicted octanol–water partition coefficient (Wildman–Crippen LogP) is 2.57. The summed E-state index contributed by atoms with van der Waals surface area (Å²) in [6, 6.07) is 7.84. The van der Waals surface area contributed by atoms with Crippen molar-refractivity contribution in [2.24, 2.45) is 0 Å². The van der Waals surface area contributed by atoms with Gasteiger partial charge in [-0.1, -0.05) is 18.2 Å². The number of hydrogen-bond acceptors (Lipinski definition) is 5. The molecule has 0 amide bonds. The highest BCUT2D eigenvalue weighted by molar-refractivity contribution is 7.71. The smallest absolute Gasteiger partial charge is 0.199 e. The van der Waals surface area contributed by atoms with E-state index in [9.17, 15) is 0 Å². The SMILES string of the molecule is C=CCn1c(-c2ccccc2OC)nn(CN2CCOCC2)c1=S. The molecule has 0 radical (unpaired) electrons. The molecular formula is C17H22N4O2S. The Kier molecular flexibility index (Phi) is 5.44. The molecule has 128 valence electrons. The Bertz CT molecular complexity index is 762. The number of hydrogen-bond donors (Lipinski definition) is 0. The lowest BCUT2D eigenvalue weighted by Gasteiger charge is -2.26. The maximum absolute atomic E-state index is 5.64. The van der Waals surface area contributed by atoms with Crippen LogP contribution < -0.4 is 4.74 Å². The summed E-state index contributed by atoms with van der Waals surface area (Å²) in [4.78, 5) is 2.29. The minimum Gasteiger partial charge on any atom is -0.496 e. The summed E-state index contributed by atoms with van der Waals surface area (Å²) in [7, 11) is 1.66. The third-order valence-electron chi connectivity index (χ3n) is 4.02. The third-order valence-corrected chi connectivity index (χ3v) is 4.45. The molecule has 1 saturated heterocycles. The van der Waals surface area contributed by atoms with Crippen molar-refractivity contribution in [2.75, 3.05) is 33.4 Å². The average Bonchev–Trinajstić information content (AvgIpc) is 2.92. The first-order valence-corrected chi connectivity index (χ1v) is 8.37. The predicted molar refractivity (Wildman–Crippen MR) is 95.6 cm³/mol. The second-order valence-corrected chi connectivity index (χ2v) is 5.94. The van der Waals surface area contributed by atoms with Gasteiger partial charge in [0.1, 0.15) is 5.75 Å². The molecule has 6 nitrogen and oxygen atoms in total. The number of para-hydroxylation sites is 1. The van der Waals surface area contributed by atoms with E-state index in [1.807, 2.05) is 39.6 Å². The summed E-state index contributed by atoms with van der Waals surface area (Å²) in [5.74, 6) is 1.58. The van der Waals surface area contributed by atoms with Crippen LogP contribution >= 0.6 is 12.2 Å². The molecule has 1 aromatic carbocycles. The van der Waals surface area contributed by atoms with Crippen LogP contribution in [0.1, 0.15) is 0 Å². The van der Waals surface area contributed by atoms with Crippen LogP contribution in [0.3, 0.4) is 0 Å². The third kappa shape index (κ3) is 3.43. The average molecular weight is 346 g/mol. The maximum atomic E-state index is 5.64. The van der Waals surface area contributed by atoms with Crippen molar-refractivity contribution >= 4 is 12.2 Å². The van der Waals surface area contributed by atoms with Crippen LogP contribution in [-0.2, 0) is 18.0 Å². The zero-order valence-electron chi connectivity index (χ0n) is 13.9. The molecule has 1 aromatic heterocycles. The highest BCUT2D eigenvalue weighted by atomic mass is 32.1. The molecule has 2 aromatic rings. The van der Waals surface area contributed by atoms with E-state index in [4.69, 9.17) is 26.8 Å². The zero-order chi connectivity index (χ0) is 16.9. The summed E-state index contributed by atoms with van der Waals surface area (Å²) < 4.78 is 15.4. The Labute approximate surface area is 146 Å². The lowest BCUT2D eigenvalue weighted by Crippen LogP contribution is -2.37. The van der Waals surface area contributed by atoms with Gasteiger partial charge >= 0.3 is 0 Å². The van der Waals surface area contributed by atoms with Crippen molar-refractivity contribution < 1.29 is 9.47 Å². The summed E-state index contributed by atoms with van der Waals surface area (Å²) in [6.07, 6.45) is 1.83. The fourth-order valence-electron chi connectivity index (χ4n) is 2.79. The van der Waals surface area contributed by atoms with Gasteiger partial charge in [-0.25, -0.2) is 4.68 Å². The monoisotopic (exact) mass is 346 g/mol. The van der Waals surface area contributed by atoms with Gasteiger partial charge in [0.25, 0.3) is 0 Å². The van der Waals surface area contributed by atoms with Crippen molar-refractivity contribution in [2.45, 2.75) is 13.2 Å². The fourth-order valence-corrected chi connectivity index (χ4v) is 3.05. The lowest BCUT2D eigenvalue weighted by atomic mass is 10.2. The van der Waals surface area contributed by atoms with Crippen LogP contribution in [0.5, 0.6) is 5.75 Å². The van der Waals surface area contributed by atoms with E-state index in [2.05, 4.69) is 11.5 Å². The van der Waals surface area contributed by atoms with Crippen LogP contribution in [-0.4, -0.2) is 52.7 Å².